The third-order valence-electron chi connectivity index (χ3n) is 3.73. The number of aromatic amines is 1. The van der Waals surface area contributed by atoms with Crippen molar-refractivity contribution < 1.29 is 4.79 Å². The van der Waals surface area contributed by atoms with Gasteiger partial charge in [0.15, 0.2) is 0 Å². The maximum atomic E-state index is 12.3. The lowest BCUT2D eigenvalue weighted by molar-refractivity contribution is 0.0649. The van der Waals surface area contributed by atoms with Crippen molar-refractivity contribution >= 4 is 5.91 Å². The summed E-state index contributed by atoms with van der Waals surface area (Å²) in [6.07, 6.45) is 2.09. The lowest BCUT2D eigenvalue weighted by atomic mass is 9.92. The van der Waals surface area contributed by atoms with E-state index < -0.39 is 0 Å². The van der Waals surface area contributed by atoms with Crippen LogP contribution < -0.4 is 5.73 Å². The Morgan fingerprint density at radius 1 is 1.47 bits per heavy atom. The Kier molecular flexibility index (Phi) is 4.19. The van der Waals surface area contributed by atoms with Crippen molar-refractivity contribution in [2.45, 2.75) is 45.6 Å². The monoisotopic (exact) mass is 265 g/mol. The third-order valence-corrected chi connectivity index (χ3v) is 3.73. The predicted molar refractivity (Wildman–Crippen MR) is 72.7 cm³/mol. The minimum Gasteiger partial charge on any atom is -0.336 e. The molecule has 0 radical (unpaired) electrons. The normalized spacial score (nSPS) is 21.7. The van der Waals surface area contributed by atoms with Crippen LogP contribution in [0.5, 0.6) is 0 Å². The number of hydrogen-bond donors (Lipinski definition) is 2. The number of nitrogens with two attached hydrogens (primary N) is 1. The number of carbonyl (C=O) groups is 1. The Balaban J connectivity index is 2.06. The smallest absolute Gasteiger partial charge is 0.293 e. The average Bonchev–Trinajstić information content (AvgIpc) is 2.87. The molecule has 0 aliphatic carbocycles. The van der Waals surface area contributed by atoms with Gasteiger partial charge in [-0.25, -0.2) is 4.98 Å². The van der Waals surface area contributed by atoms with Gasteiger partial charge in [-0.15, -0.1) is 5.10 Å². The fourth-order valence-electron chi connectivity index (χ4n) is 2.39. The van der Waals surface area contributed by atoms with Crippen LogP contribution in [0, 0.1) is 5.92 Å². The number of rotatable bonds is 3. The van der Waals surface area contributed by atoms with Crippen LogP contribution in [0.15, 0.2) is 0 Å². The zero-order valence-electron chi connectivity index (χ0n) is 11.9. The predicted octanol–water partition coefficient (Wildman–Crippen LogP) is 1.13. The molecule has 0 bridgehead atoms. The summed E-state index contributed by atoms with van der Waals surface area (Å²) < 4.78 is 0. The van der Waals surface area contributed by atoms with Gasteiger partial charge in [-0.1, -0.05) is 13.8 Å². The first-order valence-corrected chi connectivity index (χ1v) is 6.96. The molecule has 0 saturated carbocycles. The second-order valence-corrected chi connectivity index (χ2v) is 5.71. The highest BCUT2D eigenvalue weighted by molar-refractivity contribution is 5.90. The van der Waals surface area contributed by atoms with Gasteiger partial charge in [-0.2, -0.15) is 0 Å². The van der Waals surface area contributed by atoms with Gasteiger partial charge in [0.1, 0.15) is 5.82 Å². The summed E-state index contributed by atoms with van der Waals surface area (Å²) in [6.45, 7) is 7.52. The summed E-state index contributed by atoms with van der Waals surface area (Å²) in [7, 11) is 0. The number of aromatic nitrogens is 3. The van der Waals surface area contributed by atoms with Gasteiger partial charge < -0.3 is 10.6 Å². The molecular weight excluding hydrogens is 242 g/mol. The fourth-order valence-corrected chi connectivity index (χ4v) is 2.39. The highest BCUT2D eigenvalue weighted by atomic mass is 16.2. The molecule has 1 saturated heterocycles. The summed E-state index contributed by atoms with van der Waals surface area (Å²) in [5.74, 6) is 1.56. The van der Waals surface area contributed by atoms with Gasteiger partial charge in [0.25, 0.3) is 5.91 Å². The zero-order chi connectivity index (χ0) is 14.0. The molecule has 106 valence electrons. The quantitative estimate of drug-likeness (QED) is 0.857. The average molecular weight is 265 g/mol. The molecule has 1 aromatic heterocycles. The molecule has 1 aliphatic rings. The minimum atomic E-state index is -0.0894. The van der Waals surface area contributed by atoms with Gasteiger partial charge in [-0.05, 0) is 25.7 Å². The molecule has 1 aromatic rings. The molecule has 2 atom stereocenters. The fraction of sp³-hybridized carbons (Fsp3) is 0.769. The maximum Gasteiger partial charge on any atom is 0.293 e. The van der Waals surface area contributed by atoms with Crippen LogP contribution in [-0.4, -0.2) is 45.1 Å². The van der Waals surface area contributed by atoms with E-state index in [0.717, 1.165) is 25.2 Å². The number of hydrogen-bond acceptors (Lipinski definition) is 4. The van der Waals surface area contributed by atoms with Crippen LogP contribution in [-0.2, 0) is 0 Å². The minimum absolute atomic E-state index is 0.0894. The number of amides is 1. The number of nitrogens with one attached hydrogen (secondary N) is 1. The van der Waals surface area contributed by atoms with E-state index in [1.54, 1.807) is 0 Å². The van der Waals surface area contributed by atoms with Crippen molar-refractivity contribution in [2.75, 3.05) is 13.1 Å². The van der Waals surface area contributed by atoms with Crippen molar-refractivity contribution in [3.05, 3.63) is 11.6 Å². The summed E-state index contributed by atoms with van der Waals surface area (Å²) in [5, 5.41) is 6.85. The number of piperidine rings is 1. The summed E-state index contributed by atoms with van der Waals surface area (Å²) >= 11 is 0. The zero-order valence-corrected chi connectivity index (χ0v) is 11.9. The van der Waals surface area contributed by atoms with E-state index in [4.69, 9.17) is 5.73 Å². The van der Waals surface area contributed by atoms with Gasteiger partial charge >= 0.3 is 0 Å². The summed E-state index contributed by atoms with van der Waals surface area (Å²) in [5.41, 5.74) is 5.94. The van der Waals surface area contributed by atoms with E-state index in [-0.39, 0.29) is 23.7 Å². The standard InChI is InChI=1S/C13H23N5O/c1-8(2)11-15-12(17-16-11)13(19)18-6-4-5-10(7-18)9(3)14/h8-10H,4-7,14H2,1-3H3,(H,15,16,17). The molecule has 0 aromatic carbocycles. The van der Waals surface area contributed by atoms with Crippen LogP contribution in [0.3, 0.4) is 0 Å². The van der Waals surface area contributed by atoms with Crippen molar-refractivity contribution in [1.82, 2.24) is 20.1 Å². The van der Waals surface area contributed by atoms with Gasteiger partial charge in [0, 0.05) is 25.0 Å². The summed E-state index contributed by atoms with van der Waals surface area (Å²) in [6, 6.07) is 0.119. The largest absolute Gasteiger partial charge is 0.336 e. The van der Waals surface area contributed by atoms with Gasteiger partial charge in [0.2, 0.25) is 5.82 Å². The number of carbonyl (C=O) groups excluding carboxylic acids is 1. The first kappa shape index (κ1) is 14.0. The maximum absolute atomic E-state index is 12.3. The van der Waals surface area contributed by atoms with E-state index in [1.165, 1.54) is 0 Å². The highest BCUT2D eigenvalue weighted by Gasteiger charge is 2.28. The third kappa shape index (κ3) is 3.12. The van der Waals surface area contributed by atoms with Crippen LogP contribution in [0.4, 0.5) is 0 Å². The van der Waals surface area contributed by atoms with E-state index in [0.29, 0.717) is 12.5 Å². The molecule has 3 N–H and O–H groups in total. The highest BCUT2D eigenvalue weighted by Crippen LogP contribution is 2.20. The Bertz CT molecular complexity index is 440. The van der Waals surface area contributed by atoms with Crippen molar-refractivity contribution in [3.8, 4) is 0 Å². The number of likely N-dealkylation sites (tertiary alicyclic amines) is 1. The molecule has 2 rings (SSSR count). The Morgan fingerprint density at radius 3 is 2.79 bits per heavy atom. The van der Waals surface area contributed by atoms with E-state index >= 15 is 0 Å². The van der Waals surface area contributed by atoms with Crippen LogP contribution in [0.25, 0.3) is 0 Å². The van der Waals surface area contributed by atoms with Gasteiger partial charge in [-0.3, -0.25) is 9.89 Å². The molecule has 0 spiro atoms. The number of H-pyrrole nitrogens is 1. The topological polar surface area (TPSA) is 87.9 Å². The molecule has 1 aliphatic heterocycles. The van der Waals surface area contributed by atoms with Crippen LogP contribution >= 0.6 is 0 Å². The first-order valence-electron chi connectivity index (χ1n) is 6.96. The first-order chi connectivity index (χ1) is 8.99. The van der Waals surface area contributed by atoms with Crippen LogP contribution in [0.1, 0.15) is 56.0 Å². The second kappa shape index (κ2) is 5.69. The number of nitrogens with zero attached hydrogens (tertiary/aromatic N) is 3. The Morgan fingerprint density at radius 2 is 2.21 bits per heavy atom. The molecule has 1 amide bonds. The molecule has 2 heterocycles. The lowest BCUT2D eigenvalue weighted by Gasteiger charge is -2.33. The molecule has 19 heavy (non-hydrogen) atoms. The van der Waals surface area contributed by atoms with Crippen molar-refractivity contribution in [1.29, 1.82) is 0 Å². The van der Waals surface area contributed by atoms with Crippen molar-refractivity contribution in [3.63, 3.8) is 0 Å². The van der Waals surface area contributed by atoms with E-state index in [1.807, 2.05) is 25.7 Å². The molecule has 6 heteroatoms. The van der Waals surface area contributed by atoms with Crippen LogP contribution in [0.2, 0.25) is 0 Å². The molecule has 1 fully saturated rings. The Labute approximate surface area is 113 Å². The van der Waals surface area contributed by atoms with Crippen molar-refractivity contribution in [2.24, 2.45) is 11.7 Å². The molecule has 2 unspecified atom stereocenters. The van der Waals surface area contributed by atoms with Gasteiger partial charge in [0.05, 0.1) is 0 Å². The van der Waals surface area contributed by atoms with E-state index in [9.17, 15) is 4.79 Å². The second-order valence-electron chi connectivity index (χ2n) is 5.71. The van der Waals surface area contributed by atoms with E-state index in [2.05, 4.69) is 15.2 Å². The SMILES string of the molecule is CC(C)c1nc(C(=O)N2CCCC(C(C)N)C2)n[nH]1. The molecule has 6 nitrogen and oxygen atoms in total. The Hall–Kier alpha value is -1.43. The lowest BCUT2D eigenvalue weighted by Crippen LogP contribution is -2.45. The molecular formula is C13H23N5O. The summed E-state index contributed by atoms with van der Waals surface area (Å²) in [4.78, 5) is 18.4.